The van der Waals surface area contributed by atoms with E-state index < -0.39 is 0 Å². The minimum absolute atomic E-state index is 0.0934. The first kappa shape index (κ1) is 16.5. The highest BCUT2D eigenvalue weighted by Gasteiger charge is 2.42. The summed E-state index contributed by atoms with van der Waals surface area (Å²) in [4.78, 5) is 9.08. The van der Waals surface area contributed by atoms with Crippen LogP contribution in [0.3, 0.4) is 0 Å². The smallest absolute Gasteiger partial charge is 0.123 e. The molecule has 5 heteroatoms. The largest absolute Gasteiger partial charge is 0.378 e. The number of ether oxygens (including phenoxy) is 1. The fraction of sp³-hybridized carbons (Fsp3) is 0.450. The second kappa shape index (κ2) is 7.10. The summed E-state index contributed by atoms with van der Waals surface area (Å²) in [6, 6.07) is 11.0. The van der Waals surface area contributed by atoms with Gasteiger partial charge in [-0.2, -0.15) is 0 Å². The van der Waals surface area contributed by atoms with E-state index in [1.807, 2.05) is 24.5 Å². The molecule has 4 nitrogen and oxygen atoms in total. The van der Waals surface area contributed by atoms with E-state index in [9.17, 15) is 4.39 Å². The Bertz CT molecular complexity index is 684. The first-order valence-electron chi connectivity index (χ1n) is 8.97. The molecule has 4 rings (SSSR count). The Morgan fingerprint density at radius 1 is 1.00 bits per heavy atom. The summed E-state index contributed by atoms with van der Waals surface area (Å²) >= 11 is 0. The van der Waals surface area contributed by atoms with Crippen molar-refractivity contribution in [1.29, 1.82) is 0 Å². The number of hydrogen-bond acceptors (Lipinski definition) is 4. The molecule has 2 saturated heterocycles. The number of rotatable bonds is 3. The minimum Gasteiger partial charge on any atom is -0.378 e. The van der Waals surface area contributed by atoms with E-state index in [1.165, 1.54) is 11.3 Å². The minimum atomic E-state index is -0.175. The molecule has 2 fully saturated rings. The third-order valence-electron chi connectivity index (χ3n) is 5.56. The van der Waals surface area contributed by atoms with E-state index in [2.05, 4.69) is 26.9 Å². The zero-order chi connectivity index (χ0) is 17.1. The van der Waals surface area contributed by atoms with Crippen LogP contribution in [0.1, 0.15) is 18.4 Å². The predicted molar refractivity (Wildman–Crippen MR) is 96.0 cm³/mol. The van der Waals surface area contributed by atoms with Crippen LogP contribution in [0.25, 0.3) is 0 Å². The van der Waals surface area contributed by atoms with Crippen molar-refractivity contribution in [3.05, 3.63) is 60.2 Å². The van der Waals surface area contributed by atoms with E-state index in [0.29, 0.717) is 0 Å². The Labute approximate surface area is 148 Å². The number of piperidine rings is 1. The van der Waals surface area contributed by atoms with Crippen LogP contribution in [0, 0.1) is 5.82 Å². The maximum absolute atomic E-state index is 13.2. The second-order valence-electron chi connectivity index (χ2n) is 7.02. The average Bonchev–Trinajstić information content (AvgIpc) is 2.67. The number of nitrogens with zero attached hydrogens (tertiary/aromatic N) is 3. The van der Waals surface area contributed by atoms with Crippen LogP contribution < -0.4 is 4.90 Å². The van der Waals surface area contributed by atoms with E-state index in [0.717, 1.165) is 52.2 Å². The molecule has 2 aromatic rings. The summed E-state index contributed by atoms with van der Waals surface area (Å²) in [6.07, 6.45) is 5.86. The van der Waals surface area contributed by atoms with E-state index in [-0.39, 0.29) is 11.4 Å². The zero-order valence-corrected chi connectivity index (χ0v) is 14.4. The highest BCUT2D eigenvalue weighted by atomic mass is 19.1. The van der Waals surface area contributed by atoms with Crippen molar-refractivity contribution in [3.8, 4) is 0 Å². The first-order chi connectivity index (χ1) is 12.3. The fourth-order valence-corrected chi connectivity index (χ4v) is 4.02. The Morgan fingerprint density at radius 2 is 1.72 bits per heavy atom. The average molecular weight is 341 g/mol. The summed E-state index contributed by atoms with van der Waals surface area (Å²) in [6.45, 7) is 5.40. The maximum Gasteiger partial charge on any atom is 0.123 e. The summed E-state index contributed by atoms with van der Waals surface area (Å²) in [5, 5.41) is 0. The van der Waals surface area contributed by atoms with Crippen LogP contribution in [0.5, 0.6) is 0 Å². The van der Waals surface area contributed by atoms with Crippen molar-refractivity contribution in [2.45, 2.75) is 24.9 Å². The number of benzene rings is 1. The summed E-state index contributed by atoms with van der Waals surface area (Å²) < 4.78 is 19.0. The van der Waals surface area contributed by atoms with E-state index in [4.69, 9.17) is 4.74 Å². The molecule has 0 aliphatic carbocycles. The van der Waals surface area contributed by atoms with Gasteiger partial charge in [0, 0.05) is 49.8 Å². The molecule has 0 unspecified atom stereocenters. The SMILES string of the molecule is Fc1ccc(CN2CCOCC23CCN(c2ccncc2)CC3)cc1. The molecule has 0 saturated carbocycles. The third-order valence-corrected chi connectivity index (χ3v) is 5.56. The van der Waals surface area contributed by atoms with Gasteiger partial charge in [-0.1, -0.05) is 12.1 Å². The normalized spacial score (nSPS) is 20.8. The topological polar surface area (TPSA) is 28.6 Å². The van der Waals surface area contributed by atoms with Gasteiger partial charge in [0.2, 0.25) is 0 Å². The molecule has 0 N–H and O–H groups in total. The lowest BCUT2D eigenvalue weighted by atomic mass is 9.84. The van der Waals surface area contributed by atoms with Gasteiger partial charge in [-0.25, -0.2) is 4.39 Å². The quantitative estimate of drug-likeness (QED) is 0.858. The van der Waals surface area contributed by atoms with Gasteiger partial charge in [0.25, 0.3) is 0 Å². The van der Waals surface area contributed by atoms with Gasteiger partial charge >= 0.3 is 0 Å². The monoisotopic (exact) mass is 341 g/mol. The first-order valence-corrected chi connectivity index (χ1v) is 8.97. The molecule has 1 aromatic heterocycles. The summed E-state index contributed by atoms with van der Waals surface area (Å²) in [7, 11) is 0. The Kier molecular flexibility index (Phi) is 4.68. The zero-order valence-electron chi connectivity index (χ0n) is 14.4. The highest BCUT2D eigenvalue weighted by molar-refractivity contribution is 5.45. The lowest BCUT2D eigenvalue weighted by Gasteiger charge is -2.51. The van der Waals surface area contributed by atoms with E-state index >= 15 is 0 Å². The van der Waals surface area contributed by atoms with Gasteiger partial charge in [-0.15, -0.1) is 0 Å². The molecule has 0 bridgehead atoms. The Balaban J connectivity index is 1.46. The van der Waals surface area contributed by atoms with Gasteiger partial charge < -0.3 is 9.64 Å². The Morgan fingerprint density at radius 3 is 2.44 bits per heavy atom. The highest BCUT2D eigenvalue weighted by Crippen LogP contribution is 2.34. The number of aromatic nitrogens is 1. The van der Waals surface area contributed by atoms with Crippen LogP contribution in [0.15, 0.2) is 48.8 Å². The van der Waals surface area contributed by atoms with Gasteiger partial charge in [0.15, 0.2) is 0 Å². The molecule has 2 aliphatic rings. The molecule has 1 spiro atoms. The molecular weight excluding hydrogens is 317 g/mol. The molecule has 2 aliphatic heterocycles. The predicted octanol–water partition coefficient (Wildman–Crippen LogP) is 3.09. The number of halogens is 1. The van der Waals surface area contributed by atoms with Crippen molar-refractivity contribution in [2.75, 3.05) is 37.7 Å². The van der Waals surface area contributed by atoms with Gasteiger partial charge in [-0.3, -0.25) is 9.88 Å². The number of hydrogen-bond donors (Lipinski definition) is 0. The lowest BCUT2D eigenvalue weighted by molar-refractivity contribution is -0.0842. The molecule has 1 aromatic carbocycles. The summed E-state index contributed by atoms with van der Waals surface area (Å²) in [5.74, 6) is -0.175. The number of anilines is 1. The number of morpholine rings is 1. The second-order valence-corrected chi connectivity index (χ2v) is 7.02. The molecule has 25 heavy (non-hydrogen) atoms. The number of pyridine rings is 1. The van der Waals surface area contributed by atoms with Gasteiger partial charge in [0.05, 0.1) is 13.2 Å². The molecule has 3 heterocycles. The molecule has 0 amide bonds. The van der Waals surface area contributed by atoms with E-state index in [1.54, 1.807) is 12.1 Å². The van der Waals surface area contributed by atoms with Crippen molar-refractivity contribution < 1.29 is 9.13 Å². The van der Waals surface area contributed by atoms with Crippen molar-refractivity contribution in [2.24, 2.45) is 0 Å². The van der Waals surface area contributed by atoms with Gasteiger partial charge in [0.1, 0.15) is 5.82 Å². The Hall–Kier alpha value is -1.98. The lowest BCUT2D eigenvalue weighted by Crippen LogP contribution is -2.61. The summed E-state index contributed by atoms with van der Waals surface area (Å²) in [5.41, 5.74) is 2.50. The molecule has 132 valence electrons. The maximum atomic E-state index is 13.2. The van der Waals surface area contributed by atoms with Crippen LogP contribution in [-0.2, 0) is 11.3 Å². The molecular formula is C20H24FN3O. The molecule has 0 atom stereocenters. The van der Waals surface area contributed by atoms with Crippen molar-refractivity contribution >= 4 is 5.69 Å². The van der Waals surface area contributed by atoms with Crippen LogP contribution in [0.2, 0.25) is 0 Å². The van der Waals surface area contributed by atoms with Crippen molar-refractivity contribution in [1.82, 2.24) is 9.88 Å². The van der Waals surface area contributed by atoms with Gasteiger partial charge in [-0.05, 0) is 42.7 Å². The third kappa shape index (κ3) is 3.53. The van der Waals surface area contributed by atoms with Crippen LogP contribution >= 0.6 is 0 Å². The molecule has 0 radical (unpaired) electrons. The van der Waals surface area contributed by atoms with Crippen LogP contribution in [0.4, 0.5) is 10.1 Å². The van der Waals surface area contributed by atoms with Crippen LogP contribution in [-0.4, -0.2) is 48.3 Å². The standard InChI is InChI=1S/C20H24FN3O/c21-18-3-1-17(2-4-18)15-24-13-14-25-16-20(24)7-11-23(12-8-20)19-5-9-22-10-6-19/h1-6,9-10H,7-8,11-16H2. The fourth-order valence-electron chi connectivity index (χ4n) is 4.02. The van der Waals surface area contributed by atoms with Crippen molar-refractivity contribution in [3.63, 3.8) is 0 Å².